The van der Waals surface area contributed by atoms with Crippen LogP contribution in [0.4, 0.5) is 0 Å². The Kier molecular flexibility index (Phi) is 5.28. The van der Waals surface area contributed by atoms with Gasteiger partial charge in [0.1, 0.15) is 0 Å². The zero-order valence-electron chi connectivity index (χ0n) is 12.2. The molecule has 1 amide bonds. The minimum atomic E-state index is -0.845. The molecule has 1 aliphatic rings. The number of carboxylic acids is 1. The molecular formula is C16H21NO3S. The van der Waals surface area contributed by atoms with E-state index in [1.165, 1.54) is 11.1 Å². The fourth-order valence-corrected chi connectivity index (χ4v) is 3.41. The highest BCUT2D eigenvalue weighted by Crippen LogP contribution is 2.35. The van der Waals surface area contributed by atoms with Crippen LogP contribution < -0.4 is 5.32 Å². The maximum absolute atomic E-state index is 12.0. The third-order valence-electron chi connectivity index (χ3n) is 3.79. The first-order valence-corrected chi connectivity index (χ1v) is 8.31. The van der Waals surface area contributed by atoms with Crippen molar-refractivity contribution in [1.29, 1.82) is 0 Å². The molecule has 114 valence electrons. The van der Waals surface area contributed by atoms with Crippen molar-refractivity contribution in [2.75, 3.05) is 5.75 Å². The van der Waals surface area contributed by atoms with Crippen LogP contribution in [0.3, 0.4) is 0 Å². The van der Waals surface area contributed by atoms with E-state index >= 15 is 0 Å². The second kappa shape index (κ2) is 6.98. The van der Waals surface area contributed by atoms with Gasteiger partial charge in [-0.25, -0.2) is 0 Å². The van der Waals surface area contributed by atoms with Crippen molar-refractivity contribution in [3.05, 3.63) is 35.4 Å². The normalized spacial score (nSPS) is 16.0. The Balaban J connectivity index is 1.76. The van der Waals surface area contributed by atoms with Gasteiger partial charge in [-0.3, -0.25) is 9.59 Å². The Morgan fingerprint density at radius 2 is 2.14 bits per heavy atom. The quantitative estimate of drug-likeness (QED) is 0.813. The highest BCUT2D eigenvalue weighted by molar-refractivity contribution is 7.99. The van der Waals surface area contributed by atoms with Crippen LogP contribution >= 0.6 is 11.8 Å². The van der Waals surface area contributed by atoms with Crippen LogP contribution in [0.2, 0.25) is 0 Å². The molecule has 0 radical (unpaired) electrons. The lowest BCUT2D eigenvalue weighted by Crippen LogP contribution is -2.55. The number of carboxylic acid groups (broad SMARTS) is 1. The summed E-state index contributed by atoms with van der Waals surface area (Å²) in [5, 5.41) is 11.8. The number of aryl methyl sites for hydroxylation is 1. The molecule has 1 aromatic carbocycles. The Labute approximate surface area is 129 Å². The molecule has 2 N–H and O–H groups in total. The van der Waals surface area contributed by atoms with E-state index in [1.807, 2.05) is 19.1 Å². The smallest absolute Gasteiger partial charge is 0.305 e. The van der Waals surface area contributed by atoms with Gasteiger partial charge in [0.25, 0.3) is 0 Å². The van der Waals surface area contributed by atoms with Crippen LogP contribution in [-0.4, -0.2) is 28.3 Å². The van der Waals surface area contributed by atoms with Gasteiger partial charge in [0.15, 0.2) is 0 Å². The molecule has 0 bridgehead atoms. The Bertz CT molecular complexity index is 526. The van der Waals surface area contributed by atoms with Crippen molar-refractivity contribution in [2.45, 2.75) is 43.9 Å². The summed E-state index contributed by atoms with van der Waals surface area (Å²) >= 11 is 1.56. The molecule has 0 unspecified atom stereocenters. The van der Waals surface area contributed by atoms with E-state index in [1.54, 1.807) is 11.8 Å². The van der Waals surface area contributed by atoms with E-state index < -0.39 is 11.5 Å². The average molecular weight is 307 g/mol. The van der Waals surface area contributed by atoms with Gasteiger partial charge in [-0.05, 0) is 31.7 Å². The zero-order valence-corrected chi connectivity index (χ0v) is 13.0. The van der Waals surface area contributed by atoms with Crippen LogP contribution in [-0.2, 0) is 15.3 Å². The molecule has 0 saturated heterocycles. The number of aliphatic carboxylic acids is 1. The SMILES string of the molecule is Cc1cccc(CSCC(=O)NC2(CC(=O)O)CCC2)c1. The summed E-state index contributed by atoms with van der Waals surface area (Å²) in [4.78, 5) is 22.8. The Hall–Kier alpha value is -1.49. The van der Waals surface area contributed by atoms with Crippen molar-refractivity contribution in [3.63, 3.8) is 0 Å². The minimum Gasteiger partial charge on any atom is -0.481 e. The van der Waals surface area contributed by atoms with E-state index in [9.17, 15) is 9.59 Å². The number of rotatable bonds is 7. The van der Waals surface area contributed by atoms with E-state index in [2.05, 4.69) is 17.4 Å². The molecule has 0 atom stereocenters. The number of carbonyl (C=O) groups is 2. The van der Waals surface area contributed by atoms with Crippen LogP contribution in [0.25, 0.3) is 0 Å². The number of thioether (sulfide) groups is 1. The highest BCUT2D eigenvalue weighted by Gasteiger charge is 2.40. The molecule has 0 aromatic heterocycles. The second-order valence-electron chi connectivity index (χ2n) is 5.73. The third kappa shape index (κ3) is 4.77. The molecule has 1 aliphatic carbocycles. The van der Waals surface area contributed by atoms with E-state index in [-0.39, 0.29) is 12.3 Å². The fourth-order valence-electron chi connectivity index (χ4n) is 2.63. The zero-order chi connectivity index (χ0) is 15.3. The van der Waals surface area contributed by atoms with Gasteiger partial charge in [0, 0.05) is 5.75 Å². The molecule has 4 nitrogen and oxygen atoms in total. The summed E-state index contributed by atoms with van der Waals surface area (Å²) in [5.74, 6) is 0.257. The van der Waals surface area contributed by atoms with Gasteiger partial charge < -0.3 is 10.4 Å². The van der Waals surface area contributed by atoms with Crippen LogP contribution in [0.15, 0.2) is 24.3 Å². The minimum absolute atomic E-state index is 0.0291. The van der Waals surface area contributed by atoms with Gasteiger partial charge in [0.05, 0.1) is 17.7 Å². The first-order chi connectivity index (χ1) is 9.99. The predicted molar refractivity (Wildman–Crippen MR) is 84.3 cm³/mol. The molecule has 21 heavy (non-hydrogen) atoms. The molecule has 5 heteroatoms. The van der Waals surface area contributed by atoms with Gasteiger partial charge in [0.2, 0.25) is 5.91 Å². The summed E-state index contributed by atoms with van der Waals surface area (Å²) in [5.41, 5.74) is 1.93. The predicted octanol–water partition coefficient (Wildman–Crippen LogP) is 2.74. The molecule has 0 spiro atoms. The summed E-state index contributed by atoms with van der Waals surface area (Å²) < 4.78 is 0. The van der Waals surface area contributed by atoms with Crippen molar-refractivity contribution < 1.29 is 14.7 Å². The number of carbonyl (C=O) groups excluding carboxylic acids is 1. The third-order valence-corrected chi connectivity index (χ3v) is 4.79. The van der Waals surface area contributed by atoms with E-state index in [0.717, 1.165) is 25.0 Å². The molecule has 1 fully saturated rings. The maximum Gasteiger partial charge on any atom is 0.305 e. The first-order valence-electron chi connectivity index (χ1n) is 7.15. The lowest BCUT2D eigenvalue weighted by molar-refractivity contribution is -0.140. The largest absolute Gasteiger partial charge is 0.481 e. The van der Waals surface area contributed by atoms with Crippen molar-refractivity contribution in [1.82, 2.24) is 5.32 Å². The number of nitrogens with one attached hydrogen (secondary N) is 1. The Morgan fingerprint density at radius 1 is 1.38 bits per heavy atom. The summed E-state index contributed by atoms with van der Waals surface area (Å²) in [6.45, 7) is 2.05. The topological polar surface area (TPSA) is 66.4 Å². The molecule has 0 aliphatic heterocycles. The monoisotopic (exact) mass is 307 g/mol. The number of benzene rings is 1. The van der Waals surface area contributed by atoms with Crippen molar-refractivity contribution in [3.8, 4) is 0 Å². The van der Waals surface area contributed by atoms with Crippen LogP contribution in [0, 0.1) is 6.92 Å². The van der Waals surface area contributed by atoms with Crippen molar-refractivity contribution >= 4 is 23.6 Å². The van der Waals surface area contributed by atoms with Gasteiger partial charge >= 0.3 is 5.97 Å². The summed E-state index contributed by atoms with van der Waals surface area (Å²) in [6.07, 6.45) is 2.56. The van der Waals surface area contributed by atoms with E-state index in [4.69, 9.17) is 5.11 Å². The summed E-state index contributed by atoms with van der Waals surface area (Å²) in [6, 6.07) is 8.23. The number of hydrogen-bond donors (Lipinski definition) is 2. The maximum atomic E-state index is 12.0. The fraction of sp³-hybridized carbons (Fsp3) is 0.500. The van der Waals surface area contributed by atoms with Gasteiger partial charge in [-0.15, -0.1) is 11.8 Å². The van der Waals surface area contributed by atoms with Crippen LogP contribution in [0.5, 0.6) is 0 Å². The average Bonchev–Trinajstić information content (AvgIpc) is 2.35. The van der Waals surface area contributed by atoms with Gasteiger partial charge in [-0.1, -0.05) is 29.8 Å². The highest BCUT2D eigenvalue weighted by atomic mass is 32.2. The first kappa shape index (κ1) is 15.9. The van der Waals surface area contributed by atoms with E-state index in [0.29, 0.717) is 5.75 Å². The molecule has 2 rings (SSSR count). The lowest BCUT2D eigenvalue weighted by atomic mass is 9.74. The Morgan fingerprint density at radius 3 is 2.71 bits per heavy atom. The summed E-state index contributed by atoms with van der Waals surface area (Å²) in [7, 11) is 0. The molecule has 1 aromatic rings. The van der Waals surface area contributed by atoms with Crippen molar-refractivity contribution in [2.24, 2.45) is 0 Å². The van der Waals surface area contributed by atoms with Crippen LogP contribution in [0.1, 0.15) is 36.8 Å². The molecule has 0 heterocycles. The number of hydrogen-bond acceptors (Lipinski definition) is 3. The molecular weight excluding hydrogens is 286 g/mol. The molecule has 1 saturated carbocycles. The standard InChI is InChI=1S/C16H21NO3S/c1-12-4-2-5-13(8-12)10-21-11-14(18)17-16(6-3-7-16)9-15(19)20/h2,4-5,8H,3,6-7,9-11H2,1H3,(H,17,18)(H,19,20). The second-order valence-corrected chi connectivity index (χ2v) is 6.72. The lowest BCUT2D eigenvalue weighted by Gasteiger charge is -2.41. The van der Waals surface area contributed by atoms with Gasteiger partial charge in [-0.2, -0.15) is 0 Å². The number of amides is 1.